The summed E-state index contributed by atoms with van der Waals surface area (Å²) in [7, 11) is 0. The Morgan fingerprint density at radius 2 is 1.96 bits per heavy atom. The van der Waals surface area contributed by atoms with E-state index in [1.807, 2.05) is 31.6 Å². The molecule has 3 aromatic heterocycles. The van der Waals surface area contributed by atoms with Gasteiger partial charge in [0.1, 0.15) is 5.82 Å². The topological polar surface area (TPSA) is 66.0 Å². The summed E-state index contributed by atoms with van der Waals surface area (Å²) < 4.78 is 0. The summed E-state index contributed by atoms with van der Waals surface area (Å²) in [6.07, 6.45) is 5.60. The van der Waals surface area contributed by atoms with Crippen molar-refractivity contribution in [2.24, 2.45) is 0 Å². The van der Waals surface area contributed by atoms with E-state index in [0.29, 0.717) is 0 Å². The lowest BCUT2D eigenvalue weighted by Gasteiger charge is -2.29. The fraction of sp³-hybridized carbons (Fsp3) is 0.278. The van der Waals surface area contributed by atoms with Crippen molar-refractivity contribution >= 4 is 28.0 Å². The van der Waals surface area contributed by atoms with Crippen LogP contribution in [-0.4, -0.2) is 41.1 Å². The third kappa shape index (κ3) is 3.78. The lowest BCUT2D eigenvalue weighted by Crippen LogP contribution is -2.43. The first kappa shape index (κ1) is 16.0. The molecule has 1 aliphatic rings. The number of rotatable bonds is 4. The van der Waals surface area contributed by atoms with E-state index in [1.165, 1.54) is 5.69 Å². The minimum Gasteiger partial charge on any atom is -0.369 e. The van der Waals surface area contributed by atoms with Gasteiger partial charge in [0.25, 0.3) is 0 Å². The molecule has 0 spiro atoms. The van der Waals surface area contributed by atoms with Gasteiger partial charge < -0.3 is 15.5 Å². The molecule has 0 bridgehead atoms. The molecule has 0 radical (unpaired) electrons. The molecule has 1 saturated heterocycles. The van der Waals surface area contributed by atoms with Crippen LogP contribution in [0.25, 0.3) is 10.4 Å². The van der Waals surface area contributed by atoms with Gasteiger partial charge in [-0.05, 0) is 19.1 Å². The standard InChI is InChI=1S/C18H20N6S/c1-13-2-3-14(11-21-13)16-12-22-18(25-16)23-17-10-15(4-5-20-17)24-8-6-19-7-9-24/h2-5,10-12,19H,6-9H2,1H3,(H,20,22,23). The van der Waals surface area contributed by atoms with Crippen molar-refractivity contribution in [1.82, 2.24) is 20.3 Å². The average Bonchev–Trinajstić information content (AvgIpc) is 3.12. The predicted octanol–water partition coefficient (Wildman–Crippen LogP) is 3.06. The van der Waals surface area contributed by atoms with Crippen molar-refractivity contribution in [2.75, 3.05) is 36.4 Å². The van der Waals surface area contributed by atoms with Gasteiger partial charge in [-0.25, -0.2) is 9.97 Å². The molecule has 3 aromatic rings. The number of nitrogens with one attached hydrogen (secondary N) is 2. The fourth-order valence-corrected chi connectivity index (χ4v) is 3.61. The summed E-state index contributed by atoms with van der Waals surface area (Å²) in [4.78, 5) is 16.7. The van der Waals surface area contributed by atoms with Gasteiger partial charge in [-0.15, -0.1) is 0 Å². The van der Waals surface area contributed by atoms with Gasteiger partial charge in [0.2, 0.25) is 0 Å². The molecular weight excluding hydrogens is 332 g/mol. The molecule has 0 saturated carbocycles. The van der Waals surface area contributed by atoms with Crippen LogP contribution in [0.3, 0.4) is 0 Å². The van der Waals surface area contributed by atoms with Gasteiger partial charge in [0.15, 0.2) is 5.13 Å². The second kappa shape index (κ2) is 7.16. The summed E-state index contributed by atoms with van der Waals surface area (Å²) in [6.45, 7) is 6.06. The maximum atomic E-state index is 4.47. The van der Waals surface area contributed by atoms with Crippen LogP contribution in [0, 0.1) is 6.92 Å². The molecule has 128 valence electrons. The summed E-state index contributed by atoms with van der Waals surface area (Å²) in [6, 6.07) is 8.23. The Hall–Kier alpha value is -2.51. The Balaban J connectivity index is 1.50. The molecule has 1 aliphatic heterocycles. The first-order valence-electron chi connectivity index (χ1n) is 8.35. The molecule has 25 heavy (non-hydrogen) atoms. The number of piperazine rings is 1. The number of hydrogen-bond donors (Lipinski definition) is 2. The highest BCUT2D eigenvalue weighted by atomic mass is 32.1. The van der Waals surface area contributed by atoms with Crippen LogP contribution >= 0.6 is 11.3 Å². The van der Waals surface area contributed by atoms with Gasteiger partial charge in [0, 0.05) is 67.8 Å². The number of nitrogens with zero attached hydrogens (tertiary/aromatic N) is 4. The first-order chi connectivity index (χ1) is 12.3. The van der Waals surface area contributed by atoms with Crippen molar-refractivity contribution in [3.63, 3.8) is 0 Å². The van der Waals surface area contributed by atoms with E-state index in [0.717, 1.165) is 53.3 Å². The molecule has 6 nitrogen and oxygen atoms in total. The van der Waals surface area contributed by atoms with Crippen LogP contribution in [-0.2, 0) is 0 Å². The highest BCUT2D eigenvalue weighted by molar-refractivity contribution is 7.18. The maximum Gasteiger partial charge on any atom is 0.188 e. The average molecular weight is 352 g/mol. The van der Waals surface area contributed by atoms with Crippen LogP contribution in [0.15, 0.2) is 42.9 Å². The molecule has 0 aromatic carbocycles. The van der Waals surface area contributed by atoms with E-state index in [1.54, 1.807) is 11.3 Å². The smallest absolute Gasteiger partial charge is 0.188 e. The van der Waals surface area contributed by atoms with Gasteiger partial charge in [-0.3, -0.25) is 4.98 Å². The monoisotopic (exact) mass is 352 g/mol. The van der Waals surface area contributed by atoms with Crippen LogP contribution in [0.5, 0.6) is 0 Å². The Kier molecular flexibility index (Phi) is 4.58. The molecule has 0 amide bonds. The molecule has 4 rings (SSSR count). The van der Waals surface area contributed by atoms with Crippen molar-refractivity contribution in [3.05, 3.63) is 48.5 Å². The van der Waals surface area contributed by atoms with E-state index in [4.69, 9.17) is 0 Å². The molecule has 0 atom stereocenters. The van der Waals surface area contributed by atoms with E-state index < -0.39 is 0 Å². The van der Waals surface area contributed by atoms with Gasteiger partial charge in [-0.1, -0.05) is 17.4 Å². The Bertz CT molecular complexity index is 839. The summed E-state index contributed by atoms with van der Waals surface area (Å²) >= 11 is 1.60. The first-order valence-corrected chi connectivity index (χ1v) is 9.17. The molecule has 1 fully saturated rings. The zero-order valence-electron chi connectivity index (χ0n) is 14.1. The van der Waals surface area contributed by atoms with Crippen LogP contribution < -0.4 is 15.5 Å². The lowest BCUT2D eigenvalue weighted by molar-refractivity contribution is 0.589. The Morgan fingerprint density at radius 1 is 1.08 bits per heavy atom. The molecule has 0 unspecified atom stereocenters. The number of aryl methyl sites for hydroxylation is 1. The van der Waals surface area contributed by atoms with E-state index in [9.17, 15) is 0 Å². The quantitative estimate of drug-likeness (QED) is 0.752. The molecule has 7 heteroatoms. The summed E-state index contributed by atoms with van der Waals surface area (Å²) in [5, 5.41) is 7.53. The second-order valence-corrected chi connectivity index (χ2v) is 7.01. The number of hydrogen-bond acceptors (Lipinski definition) is 7. The second-order valence-electron chi connectivity index (χ2n) is 5.98. The molecule has 4 heterocycles. The normalized spacial score (nSPS) is 14.5. The third-order valence-electron chi connectivity index (χ3n) is 4.16. The SMILES string of the molecule is Cc1ccc(-c2cnc(Nc3cc(N4CCNCC4)ccn3)s2)cn1. The van der Waals surface area contributed by atoms with Crippen molar-refractivity contribution in [2.45, 2.75) is 6.92 Å². The summed E-state index contributed by atoms with van der Waals surface area (Å²) in [5.41, 5.74) is 3.29. The van der Waals surface area contributed by atoms with E-state index in [2.05, 4.69) is 48.7 Å². The number of pyridine rings is 2. The predicted molar refractivity (Wildman–Crippen MR) is 103 cm³/mol. The molecule has 2 N–H and O–H groups in total. The minimum absolute atomic E-state index is 0.818. The zero-order valence-corrected chi connectivity index (χ0v) is 14.9. The van der Waals surface area contributed by atoms with Gasteiger partial charge in [-0.2, -0.15) is 0 Å². The largest absolute Gasteiger partial charge is 0.369 e. The van der Waals surface area contributed by atoms with Crippen LogP contribution in [0.4, 0.5) is 16.6 Å². The van der Waals surface area contributed by atoms with Crippen molar-refractivity contribution in [3.8, 4) is 10.4 Å². The Morgan fingerprint density at radius 3 is 2.76 bits per heavy atom. The number of aromatic nitrogens is 3. The zero-order chi connectivity index (χ0) is 17.1. The lowest BCUT2D eigenvalue weighted by atomic mass is 10.2. The minimum atomic E-state index is 0.818. The van der Waals surface area contributed by atoms with Crippen LogP contribution in [0.2, 0.25) is 0 Å². The highest BCUT2D eigenvalue weighted by Crippen LogP contribution is 2.30. The molecule has 0 aliphatic carbocycles. The van der Waals surface area contributed by atoms with Gasteiger partial charge in [0.05, 0.1) is 4.88 Å². The number of anilines is 3. The number of thiazole rings is 1. The van der Waals surface area contributed by atoms with Gasteiger partial charge >= 0.3 is 0 Å². The maximum absolute atomic E-state index is 4.47. The van der Waals surface area contributed by atoms with Crippen molar-refractivity contribution in [1.29, 1.82) is 0 Å². The third-order valence-corrected chi connectivity index (χ3v) is 5.12. The van der Waals surface area contributed by atoms with Crippen molar-refractivity contribution < 1.29 is 0 Å². The highest BCUT2D eigenvalue weighted by Gasteiger charge is 2.12. The van der Waals surface area contributed by atoms with E-state index >= 15 is 0 Å². The van der Waals surface area contributed by atoms with E-state index in [-0.39, 0.29) is 0 Å². The van der Waals surface area contributed by atoms with Crippen LogP contribution in [0.1, 0.15) is 5.69 Å². The molecular formula is C18H20N6S. The fourth-order valence-electron chi connectivity index (χ4n) is 2.80. The Labute approximate surface area is 151 Å². The summed E-state index contributed by atoms with van der Waals surface area (Å²) in [5.74, 6) is 0.818.